The van der Waals surface area contributed by atoms with Gasteiger partial charge in [0.05, 0.1) is 14.2 Å². The SMILES string of the molecule is COc1ccc(CCC(=O)N(Cc2cccc(Cl)c2)[C@@H](C)C(=O)NC2CCCC2)cc1OC. The Bertz CT molecular complexity index is 959. The quantitative estimate of drug-likeness (QED) is 0.541. The third kappa shape index (κ3) is 6.87. The highest BCUT2D eigenvalue weighted by Crippen LogP contribution is 2.28. The molecule has 0 aromatic heterocycles. The molecule has 2 aromatic rings. The number of amides is 2. The van der Waals surface area contributed by atoms with Gasteiger partial charge in [0.2, 0.25) is 11.8 Å². The second-order valence-electron chi connectivity index (χ2n) is 8.51. The minimum atomic E-state index is -0.581. The summed E-state index contributed by atoms with van der Waals surface area (Å²) >= 11 is 6.15. The Morgan fingerprint density at radius 1 is 1.06 bits per heavy atom. The van der Waals surface area contributed by atoms with Gasteiger partial charge in [0, 0.05) is 24.0 Å². The molecule has 6 nitrogen and oxygen atoms in total. The van der Waals surface area contributed by atoms with E-state index in [4.69, 9.17) is 21.1 Å². The first-order valence-electron chi connectivity index (χ1n) is 11.5. The molecule has 0 aliphatic heterocycles. The second-order valence-corrected chi connectivity index (χ2v) is 8.94. The monoisotopic (exact) mass is 472 g/mol. The fourth-order valence-electron chi connectivity index (χ4n) is 4.24. The van der Waals surface area contributed by atoms with E-state index >= 15 is 0 Å². The Balaban J connectivity index is 1.72. The van der Waals surface area contributed by atoms with Crippen LogP contribution >= 0.6 is 11.6 Å². The van der Waals surface area contributed by atoms with Crippen LogP contribution in [0.1, 0.15) is 50.2 Å². The van der Waals surface area contributed by atoms with Crippen LogP contribution in [0.25, 0.3) is 0 Å². The van der Waals surface area contributed by atoms with Gasteiger partial charge in [0.25, 0.3) is 0 Å². The number of hydrogen-bond acceptors (Lipinski definition) is 4. The molecular weight excluding hydrogens is 440 g/mol. The van der Waals surface area contributed by atoms with Crippen molar-refractivity contribution in [3.05, 3.63) is 58.6 Å². The summed E-state index contributed by atoms with van der Waals surface area (Å²) in [6.07, 6.45) is 5.07. The van der Waals surface area contributed by atoms with Gasteiger partial charge < -0.3 is 19.7 Å². The molecule has 0 saturated heterocycles. The molecule has 1 N–H and O–H groups in total. The zero-order valence-electron chi connectivity index (χ0n) is 19.6. The summed E-state index contributed by atoms with van der Waals surface area (Å²) in [7, 11) is 3.18. The molecule has 1 fully saturated rings. The third-order valence-electron chi connectivity index (χ3n) is 6.19. The highest BCUT2D eigenvalue weighted by molar-refractivity contribution is 6.30. The average Bonchev–Trinajstić information content (AvgIpc) is 3.33. The molecule has 0 unspecified atom stereocenters. The first-order chi connectivity index (χ1) is 15.9. The van der Waals surface area contributed by atoms with E-state index in [1.165, 1.54) is 0 Å². The second kappa shape index (κ2) is 11.9. The lowest BCUT2D eigenvalue weighted by atomic mass is 10.1. The van der Waals surface area contributed by atoms with Crippen molar-refractivity contribution in [1.82, 2.24) is 10.2 Å². The van der Waals surface area contributed by atoms with Gasteiger partial charge in [0.1, 0.15) is 6.04 Å². The molecular formula is C26H33ClN2O4. The first kappa shape index (κ1) is 24.9. The van der Waals surface area contributed by atoms with Crippen LogP contribution in [0, 0.1) is 0 Å². The van der Waals surface area contributed by atoms with Gasteiger partial charge in [-0.05, 0) is 61.6 Å². The Morgan fingerprint density at radius 3 is 2.45 bits per heavy atom. The van der Waals surface area contributed by atoms with Gasteiger partial charge in [-0.2, -0.15) is 0 Å². The van der Waals surface area contributed by atoms with Crippen molar-refractivity contribution < 1.29 is 19.1 Å². The van der Waals surface area contributed by atoms with Crippen molar-refractivity contribution in [3.63, 3.8) is 0 Å². The van der Waals surface area contributed by atoms with Crippen LogP contribution in [0.2, 0.25) is 5.02 Å². The van der Waals surface area contributed by atoms with Crippen molar-refractivity contribution in [3.8, 4) is 11.5 Å². The number of carbonyl (C=O) groups is 2. The number of benzene rings is 2. The summed E-state index contributed by atoms with van der Waals surface area (Å²) < 4.78 is 10.7. The molecule has 0 bridgehead atoms. The predicted octanol–water partition coefficient (Wildman–Crippen LogP) is 4.77. The van der Waals surface area contributed by atoms with E-state index in [1.54, 1.807) is 32.1 Å². The summed E-state index contributed by atoms with van der Waals surface area (Å²) in [6.45, 7) is 2.12. The molecule has 1 aliphatic rings. The molecule has 33 heavy (non-hydrogen) atoms. The van der Waals surface area contributed by atoms with Crippen LogP contribution in [0.15, 0.2) is 42.5 Å². The molecule has 0 heterocycles. The lowest BCUT2D eigenvalue weighted by Crippen LogP contribution is -2.49. The molecule has 1 atom stereocenters. The van der Waals surface area contributed by atoms with Gasteiger partial charge in [0.15, 0.2) is 11.5 Å². The summed E-state index contributed by atoms with van der Waals surface area (Å²) in [6, 6.07) is 12.7. The first-order valence-corrected chi connectivity index (χ1v) is 11.8. The predicted molar refractivity (Wildman–Crippen MR) is 130 cm³/mol. The number of halogens is 1. The van der Waals surface area contributed by atoms with E-state index in [-0.39, 0.29) is 24.3 Å². The number of aryl methyl sites for hydroxylation is 1. The smallest absolute Gasteiger partial charge is 0.242 e. The van der Waals surface area contributed by atoms with E-state index in [0.717, 1.165) is 36.8 Å². The average molecular weight is 473 g/mol. The number of nitrogens with zero attached hydrogens (tertiary/aromatic N) is 1. The number of ether oxygens (including phenoxy) is 2. The maximum Gasteiger partial charge on any atom is 0.242 e. The van der Waals surface area contributed by atoms with Crippen molar-refractivity contribution in [1.29, 1.82) is 0 Å². The molecule has 178 valence electrons. The number of nitrogens with one attached hydrogen (secondary N) is 1. The normalized spacial score (nSPS) is 14.5. The number of hydrogen-bond donors (Lipinski definition) is 1. The van der Waals surface area contributed by atoms with Crippen LogP contribution in [0.5, 0.6) is 11.5 Å². The zero-order chi connectivity index (χ0) is 23.8. The number of methoxy groups -OCH3 is 2. The van der Waals surface area contributed by atoms with E-state index in [1.807, 2.05) is 36.4 Å². The minimum Gasteiger partial charge on any atom is -0.493 e. The minimum absolute atomic E-state index is 0.0844. The molecule has 2 aromatic carbocycles. The highest BCUT2D eigenvalue weighted by Gasteiger charge is 2.28. The molecule has 2 amide bonds. The topological polar surface area (TPSA) is 67.9 Å². The molecule has 3 rings (SSSR count). The van der Waals surface area contributed by atoms with Crippen LogP contribution in [0.3, 0.4) is 0 Å². The van der Waals surface area contributed by atoms with E-state index < -0.39 is 6.04 Å². The van der Waals surface area contributed by atoms with Crippen molar-refractivity contribution in [2.45, 2.75) is 64.1 Å². The van der Waals surface area contributed by atoms with Gasteiger partial charge in [-0.25, -0.2) is 0 Å². The summed E-state index contributed by atoms with van der Waals surface area (Å²) in [4.78, 5) is 27.9. The Morgan fingerprint density at radius 2 is 1.79 bits per heavy atom. The number of rotatable bonds is 10. The summed E-state index contributed by atoms with van der Waals surface area (Å²) in [5.41, 5.74) is 1.86. The largest absolute Gasteiger partial charge is 0.493 e. The summed E-state index contributed by atoms with van der Waals surface area (Å²) in [5, 5.41) is 3.73. The van der Waals surface area contributed by atoms with Crippen LogP contribution in [0.4, 0.5) is 0 Å². The van der Waals surface area contributed by atoms with Crippen molar-refractivity contribution in [2.75, 3.05) is 14.2 Å². The zero-order valence-corrected chi connectivity index (χ0v) is 20.4. The van der Waals surface area contributed by atoms with Crippen molar-refractivity contribution in [2.24, 2.45) is 0 Å². The highest BCUT2D eigenvalue weighted by atomic mass is 35.5. The van der Waals surface area contributed by atoms with Gasteiger partial charge in [-0.1, -0.05) is 42.6 Å². The third-order valence-corrected chi connectivity index (χ3v) is 6.42. The van der Waals surface area contributed by atoms with E-state index in [0.29, 0.717) is 29.5 Å². The molecule has 1 saturated carbocycles. The van der Waals surface area contributed by atoms with Gasteiger partial charge in [-0.3, -0.25) is 9.59 Å². The Kier molecular flexibility index (Phi) is 9.01. The molecule has 0 spiro atoms. The lowest BCUT2D eigenvalue weighted by molar-refractivity contribution is -0.140. The maximum absolute atomic E-state index is 13.3. The van der Waals surface area contributed by atoms with Gasteiger partial charge in [-0.15, -0.1) is 0 Å². The fraction of sp³-hybridized carbons (Fsp3) is 0.462. The van der Waals surface area contributed by atoms with E-state index in [9.17, 15) is 9.59 Å². The molecule has 1 aliphatic carbocycles. The maximum atomic E-state index is 13.3. The standard InChI is InChI=1S/C26H33ClN2O4/c1-18(26(31)28-22-9-4-5-10-22)29(17-20-7-6-8-21(27)15-20)25(30)14-12-19-11-13-23(32-2)24(16-19)33-3/h6-8,11,13,15-16,18,22H,4-5,9-10,12,14,17H2,1-3H3,(H,28,31)/t18-/m0/s1. The number of carbonyl (C=O) groups excluding carboxylic acids is 2. The van der Waals surface area contributed by atoms with Crippen LogP contribution in [-0.2, 0) is 22.6 Å². The van der Waals surface area contributed by atoms with Crippen LogP contribution < -0.4 is 14.8 Å². The Hall–Kier alpha value is -2.73. The summed E-state index contributed by atoms with van der Waals surface area (Å²) in [5.74, 6) is 1.08. The molecule has 7 heteroatoms. The Labute approximate surface area is 201 Å². The van der Waals surface area contributed by atoms with Gasteiger partial charge >= 0.3 is 0 Å². The fourth-order valence-corrected chi connectivity index (χ4v) is 4.45. The molecule has 0 radical (unpaired) electrons. The van der Waals surface area contributed by atoms with Crippen molar-refractivity contribution >= 4 is 23.4 Å². The van der Waals surface area contributed by atoms with Crippen LogP contribution in [-0.4, -0.2) is 43.0 Å². The van der Waals surface area contributed by atoms with E-state index in [2.05, 4.69) is 5.32 Å². The lowest BCUT2D eigenvalue weighted by Gasteiger charge is -2.30.